The van der Waals surface area contributed by atoms with Gasteiger partial charge in [-0.3, -0.25) is 3.79 Å². The van der Waals surface area contributed by atoms with Crippen LogP contribution in [0.15, 0.2) is 42.5 Å². The normalized spacial score (nSPS) is 21.5. The lowest BCUT2D eigenvalue weighted by Crippen LogP contribution is -2.13. The third-order valence-electron chi connectivity index (χ3n) is 6.67. The number of benzene rings is 2. The smallest absolute Gasteiger partial charge is 0.120 e. The molecule has 0 N–H and O–H groups in total. The van der Waals surface area contributed by atoms with Crippen LogP contribution in [0.2, 0.25) is 0 Å². The molecule has 0 amide bonds. The van der Waals surface area contributed by atoms with Crippen LogP contribution in [-0.4, -0.2) is 34.9 Å². The molecule has 2 fully saturated rings. The van der Waals surface area contributed by atoms with Crippen LogP contribution < -0.4 is 4.74 Å². The lowest BCUT2D eigenvalue weighted by Gasteiger charge is -2.14. The van der Waals surface area contributed by atoms with Crippen molar-refractivity contribution in [1.29, 1.82) is 0 Å². The molecule has 1 saturated heterocycles. The molecular formula is C24H26N2OS. The number of ether oxygens (including phenoxy) is 1. The molecule has 2 aromatic heterocycles. The van der Waals surface area contributed by atoms with Crippen molar-refractivity contribution in [2.75, 3.05) is 20.1 Å². The van der Waals surface area contributed by atoms with Gasteiger partial charge in [0.25, 0.3) is 0 Å². The fourth-order valence-corrected chi connectivity index (χ4v) is 6.46. The van der Waals surface area contributed by atoms with Gasteiger partial charge in [0, 0.05) is 23.2 Å². The molecule has 1 saturated carbocycles. The zero-order valence-electron chi connectivity index (χ0n) is 16.4. The highest BCUT2D eigenvalue weighted by Gasteiger charge is 2.28. The highest BCUT2D eigenvalue weighted by Crippen LogP contribution is 2.43. The van der Waals surface area contributed by atoms with Crippen molar-refractivity contribution in [3.8, 4) is 5.75 Å². The third kappa shape index (κ3) is 2.58. The van der Waals surface area contributed by atoms with E-state index in [9.17, 15) is 0 Å². The van der Waals surface area contributed by atoms with Crippen molar-refractivity contribution in [2.45, 2.75) is 44.1 Å². The summed E-state index contributed by atoms with van der Waals surface area (Å²) in [6.45, 7) is 2.33. The Hall–Kier alpha value is -2.04. The highest BCUT2D eigenvalue weighted by molar-refractivity contribution is 7.14. The summed E-state index contributed by atoms with van der Waals surface area (Å²) < 4.78 is 10.2. The minimum Gasteiger partial charge on any atom is -0.490 e. The van der Waals surface area contributed by atoms with E-state index in [1.165, 1.54) is 70.7 Å². The molecule has 0 unspecified atom stereocenters. The van der Waals surface area contributed by atoms with E-state index in [1.54, 1.807) is 0 Å². The first-order valence-corrected chi connectivity index (χ1v) is 11.4. The van der Waals surface area contributed by atoms with Crippen molar-refractivity contribution in [3.05, 3.63) is 48.0 Å². The molecule has 144 valence electrons. The average Bonchev–Trinajstić information content (AvgIpc) is 3.46. The van der Waals surface area contributed by atoms with Gasteiger partial charge in [0.1, 0.15) is 5.75 Å². The Labute approximate surface area is 169 Å². The number of likely N-dealkylation sites (N-methyl/N-ethyl adjacent to an activating group) is 1. The zero-order valence-corrected chi connectivity index (χ0v) is 17.2. The summed E-state index contributed by atoms with van der Waals surface area (Å²) in [5.41, 5.74) is 4.29. The van der Waals surface area contributed by atoms with Gasteiger partial charge in [-0.25, -0.2) is 0 Å². The predicted octanol–water partition coefficient (Wildman–Crippen LogP) is 6.05. The Morgan fingerprint density at radius 3 is 2.68 bits per heavy atom. The van der Waals surface area contributed by atoms with Crippen molar-refractivity contribution < 1.29 is 4.74 Å². The SMILES string of the molecule is CN1CC[C@@H](c2c3cc(OC4CCCC4)ccc3n3sc4ccccc4c23)C1. The first-order chi connectivity index (χ1) is 13.8. The summed E-state index contributed by atoms with van der Waals surface area (Å²) in [6, 6.07) is 15.7. The Balaban J connectivity index is 1.58. The van der Waals surface area contributed by atoms with Crippen LogP contribution in [0.5, 0.6) is 5.75 Å². The number of nitrogens with zero attached hydrogens (tertiary/aromatic N) is 2. The summed E-state index contributed by atoms with van der Waals surface area (Å²) in [4.78, 5) is 2.47. The largest absolute Gasteiger partial charge is 0.490 e. The van der Waals surface area contributed by atoms with E-state index in [0.29, 0.717) is 12.0 Å². The summed E-state index contributed by atoms with van der Waals surface area (Å²) in [7, 11) is 2.25. The summed E-state index contributed by atoms with van der Waals surface area (Å²) >= 11 is 1.87. The van der Waals surface area contributed by atoms with E-state index < -0.39 is 0 Å². The van der Waals surface area contributed by atoms with E-state index in [-0.39, 0.29) is 0 Å². The molecule has 3 nitrogen and oxygen atoms in total. The van der Waals surface area contributed by atoms with Gasteiger partial charge in [-0.15, -0.1) is 0 Å². The lowest BCUT2D eigenvalue weighted by atomic mass is 9.95. The van der Waals surface area contributed by atoms with Gasteiger partial charge in [-0.05, 0) is 75.5 Å². The molecule has 2 aromatic carbocycles. The number of hydrogen-bond donors (Lipinski definition) is 0. The van der Waals surface area contributed by atoms with Gasteiger partial charge in [0.2, 0.25) is 0 Å². The Kier molecular flexibility index (Phi) is 3.92. The number of rotatable bonds is 3. The molecule has 4 aromatic rings. The van der Waals surface area contributed by atoms with Crippen LogP contribution in [0.4, 0.5) is 0 Å². The molecule has 1 atom stereocenters. The first kappa shape index (κ1) is 16.9. The molecule has 4 heteroatoms. The Bertz CT molecular complexity index is 1170. The second kappa shape index (κ2) is 6.50. The minimum atomic E-state index is 0.406. The van der Waals surface area contributed by atoms with Crippen LogP contribution in [0.25, 0.3) is 26.5 Å². The van der Waals surface area contributed by atoms with Crippen molar-refractivity contribution in [1.82, 2.24) is 8.69 Å². The van der Waals surface area contributed by atoms with Gasteiger partial charge in [0.05, 0.1) is 21.8 Å². The lowest BCUT2D eigenvalue weighted by molar-refractivity contribution is 0.210. The van der Waals surface area contributed by atoms with E-state index in [0.717, 1.165) is 12.3 Å². The van der Waals surface area contributed by atoms with Gasteiger partial charge >= 0.3 is 0 Å². The Morgan fingerprint density at radius 2 is 1.86 bits per heavy atom. The van der Waals surface area contributed by atoms with Crippen LogP contribution in [-0.2, 0) is 0 Å². The summed E-state index contributed by atoms with van der Waals surface area (Å²) in [5, 5.41) is 2.79. The van der Waals surface area contributed by atoms with E-state index in [2.05, 4.69) is 58.2 Å². The van der Waals surface area contributed by atoms with Gasteiger partial charge in [-0.2, -0.15) is 0 Å². The molecule has 6 rings (SSSR count). The molecule has 28 heavy (non-hydrogen) atoms. The maximum Gasteiger partial charge on any atom is 0.120 e. The van der Waals surface area contributed by atoms with E-state index >= 15 is 0 Å². The monoisotopic (exact) mass is 390 g/mol. The molecule has 3 heterocycles. The van der Waals surface area contributed by atoms with E-state index in [4.69, 9.17) is 4.74 Å². The first-order valence-electron chi connectivity index (χ1n) is 10.6. The summed E-state index contributed by atoms with van der Waals surface area (Å²) in [6.07, 6.45) is 6.66. The van der Waals surface area contributed by atoms with Gasteiger partial charge in [0.15, 0.2) is 0 Å². The summed E-state index contributed by atoms with van der Waals surface area (Å²) in [5.74, 6) is 1.65. The number of fused-ring (bicyclic) bond motifs is 5. The predicted molar refractivity (Wildman–Crippen MR) is 118 cm³/mol. The van der Waals surface area contributed by atoms with Crippen LogP contribution in [0.3, 0.4) is 0 Å². The van der Waals surface area contributed by atoms with E-state index in [1.807, 2.05) is 11.5 Å². The van der Waals surface area contributed by atoms with Crippen LogP contribution in [0, 0.1) is 0 Å². The fraction of sp³-hybridized carbons (Fsp3) is 0.417. The molecule has 0 radical (unpaired) electrons. The molecule has 0 bridgehead atoms. The van der Waals surface area contributed by atoms with Crippen molar-refractivity contribution in [2.24, 2.45) is 0 Å². The maximum absolute atomic E-state index is 6.37. The molecule has 2 aliphatic rings. The van der Waals surface area contributed by atoms with Crippen LogP contribution >= 0.6 is 11.5 Å². The minimum absolute atomic E-state index is 0.406. The molecular weight excluding hydrogens is 364 g/mol. The maximum atomic E-state index is 6.37. The number of likely N-dealkylation sites (tertiary alicyclic amines) is 1. The fourth-order valence-electron chi connectivity index (χ4n) is 5.31. The second-order valence-electron chi connectivity index (χ2n) is 8.60. The standard InChI is InChI=1S/C24H26N2OS/c1-25-13-12-16(15-25)23-20-14-18(27-17-6-2-3-7-17)10-11-21(20)26-24(23)19-8-4-5-9-22(19)28-26/h4-5,8-11,14,16-17H,2-3,6-7,12-13,15H2,1H3/t16-/m1/s1. The van der Waals surface area contributed by atoms with Crippen molar-refractivity contribution >= 4 is 38.0 Å². The topological polar surface area (TPSA) is 16.9 Å². The van der Waals surface area contributed by atoms with Crippen LogP contribution in [0.1, 0.15) is 43.6 Å². The number of aromatic nitrogens is 1. The average molecular weight is 391 g/mol. The molecule has 1 aliphatic carbocycles. The molecule has 0 spiro atoms. The quantitative estimate of drug-likeness (QED) is 0.424. The zero-order chi connectivity index (χ0) is 18.7. The second-order valence-corrected chi connectivity index (χ2v) is 9.58. The van der Waals surface area contributed by atoms with Gasteiger partial charge < -0.3 is 9.64 Å². The third-order valence-corrected chi connectivity index (χ3v) is 7.79. The van der Waals surface area contributed by atoms with Crippen molar-refractivity contribution in [3.63, 3.8) is 0 Å². The highest BCUT2D eigenvalue weighted by atomic mass is 32.1. The van der Waals surface area contributed by atoms with Gasteiger partial charge in [-0.1, -0.05) is 29.7 Å². The molecule has 1 aliphatic heterocycles. The Morgan fingerprint density at radius 1 is 1.00 bits per heavy atom. The number of hydrogen-bond acceptors (Lipinski definition) is 3.